The van der Waals surface area contributed by atoms with Crippen LogP contribution in [0.15, 0.2) is 24.3 Å². The largest absolute Gasteiger partial charge is 0.344 e. The summed E-state index contributed by atoms with van der Waals surface area (Å²) in [6.45, 7) is 7.44. The second-order valence-corrected chi connectivity index (χ2v) is 6.22. The van der Waals surface area contributed by atoms with Gasteiger partial charge in [-0.1, -0.05) is 38.1 Å². The maximum atomic E-state index is 11.5. The standard InChI is InChI=1S/C17H26N2O/c1-12(2)14-5-7-15(8-6-14)13(3)18-16-9-10-17(20)19(4)11-16/h5-8,12-13,16,18H,9-11H2,1-4H3. The fraction of sp³-hybridized carbons (Fsp3) is 0.588. The van der Waals surface area contributed by atoms with Crippen LogP contribution in [0.25, 0.3) is 0 Å². The summed E-state index contributed by atoms with van der Waals surface area (Å²) in [5.41, 5.74) is 2.69. The molecule has 2 rings (SSSR count). The molecule has 0 aromatic heterocycles. The Kier molecular flexibility index (Phi) is 4.81. The van der Waals surface area contributed by atoms with Gasteiger partial charge in [0, 0.05) is 32.1 Å². The Bertz CT molecular complexity index is 453. The van der Waals surface area contributed by atoms with Crippen LogP contribution in [0.5, 0.6) is 0 Å². The van der Waals surface area contributed by atoms with Gasteiger partial charge in [-0.2, -0.15) is 0 Å². The highest BCUT2D eigenvalue weighted by atomic mass is 16.2. The molecule has 2 atom stereocenters. The van der Waals surface area contributed by atoms with Gasteiger partial charge >= 0.3 is 0 Å². The molecule has 0 spiro atoms. The quantitative estimate of drug-likeness (QED) is 0.915. The maximum absolute atomic E-state index is 11.5. The number of rotatable bonds is 4. The molecule has 1 amide bonds. The van der Waals surface area contributed by atoms with E-state index in [0.717, 1.165) is 13.0 Å². The van der Waals surface area contributed by atoms with Crippen LogP contribution in [-0.4, -0.2) is 30.4 Å². The summed E-state index contributed by atoms with van der Waals surface area (Å²) in [7, 11) is 1.89. The predicted octanol–water partition coefficient (Wildman–Crippen LogP) is 3.08. The summed E-state index contributed by atoms with van der Waals surface area (Å²) < 4.78 is 0. The van der Waals surface area contributed by atoms with Crippen LogP contribution < -0.4 is 5.32 Å². The lowest BCUT2D eigenvalue weighted by Gasteiger charge is -2.32. The van der Waals surface area contributed by atoms with Crippen molar-refractivity contribution in [2.24, 2.45) is 0 Å². The number of likely N-dealkylation sites (tertiary alicyclic amines) is 1. The van der Waals surface area contributed by atoms with Crippen molar-refractivity contribution in [3.63, 3.8) is 0 Å². The Labute approximate surface area is 122 Å². The highest BCUT2D eigenvalue weighted by molar-refractivity contribution is 5.76. The number of nitrogens with zero attached hydrogens (tertiary/aromatic N) is 1. The van der Waals surface area contributed by atoms with Crippen LogP contribution >= 0.6 is 0 Å². The lowest BCUT2D eigenvalue weighted by Crippen LogP contribution is -2.47. The number of hydrogen-bond acceptors (Lipinski definition) is 2. The lowest BCUT2D eigenvalue weighted by atomic mass is 9.98. The lowest BCUT2D eigenvalue weighted by molar-refractivity contribution is -0.132. The first-order chi connectivity index (χ1) is 9.47. The summed E-state index contributed by atoms with van der Waals surface area (Å²) in [5.74, 6) is 0.835. The molecule has 1 saturated heterocycles. The van der Waals surface area contributed by atoms with E-state index in [0.29, 0.717) is 24.4 Å². The van der Waals surface area contributed by atoms with E-state index >= 15 is 0 Å². The molecular weight excluding hydrogens is 248 g/mol. The van der Waals surface area contributed by atoms with Gasteiger partial charge in [-0.3, -0.25) is 4.79 Å². The minimum absolute atomic E-state index is 0.261. The summed E-state index contributed by atoms with van der Waals surface area (Å²) >= 11 is 0. The molecule has 1 aliphatic heterocycles. The molecule has 2 unspecified atom stereocenters. The predicted molar refractivity (Wildman–Crippen MR) is 82.7 cm³/mol. The highest BCUT2D eigenvalue weighted by Gasteiger charge is 2.23. The molecule has 3 heteroatoms. The second kappa shape index (κ2) is 6.40. The third kappa shape index (κ3) is 3.60. The first-order valence-corrected chi connectivity index (χ1v) is 7.57. The zero-order valence-electron chi connectivity index (χ0n) is 13.0. The van der Waals surface area contributed by atoms with Crippen LogP contribution in [0.3, 0.4) is 0 Å². The van der Waals surface area contributed by atoms with Crippen molar-refractivity contribution in [1.29, 1.82) is 0 Å². The Morgan fingerprint density at radius 1 is 1.15 bits per heavy atom. The fourth-order valence-electron chi connectivity index (χ4n) is 2.77. The van der Waals surface area contributed by atoms with Gasteiger partial charge in [-0.25, -0.2) is 0 Å². The normalized spacial score (nSPS) is 21.4. The molecule has 110 valence electrons. The van der Waals surface area contributed by atoms with Gasteiger partial charge in [-0.15, -0.1) is 0 Å². The number of hydrogen-bond donors (Lipinski definition) is 1. The van der Waals surface area contributed by atoms with Crippen molar-refractivity contribution >= 4 is 5.91 Å². The summed E-state index contributed by atoms with van der Waals surface area (Å²) in [6, 6.07) is 9.58. The van der Waals surface area contributed by atoms with Crippen molar-refractivity contribution in [1.82, 2.24) is 10.2 Å². The topological polar surface area (TPSA) is 32.3 Å². The van der Waals surface area contributed by atoms with Crippen molar-refractivity contribution in [2.75, 3.05) is 13.6 Å². The molecule has 1 N–H and O–H groups in total. The zero-order chi connectivity index (χ0) is 14.7. The van der Waals surface area contributed by atoms with Gasteiger partial charge in [0.15, 0.2) is 0 Å². The highest BCUT2D eigenvalue weighted by Crippen LogP contribution is 2.20. The fourth-order valence-corrected chi connectivity index (χ4v) is 2.77. The van der Waals surface area contributed by atoms with E-state index < -0.39 is 0 Å². The first-order valence-electron chi connectivity index (χ1n) is 7.57. The molecule has 1 aromatic rings. The SMILES string of the molecule is CC(C)c1ccc(C(C)NC2CCC(=O)N(C)C2)cc1. The van der Waals surface area contributed by atoms with Crippen LogP contribution in [-0.2, 0) is 4.79 Å². The molecule has 1 heterocycles. The van der Waals surface area contributed by atoms with E-state index in [1.54, 1.807) is 0 Å². The second-order valence-electron chi connectivity index (χ2n) is 6.22. The molecule has 1 aliphatic rings. The molecule has 0 aliphatic carbocycles. The third-order valence-electron chi connectivity index (χ3n) is 4.22. The number of likely N-dealkylation sites (N-methyl/N-ethyl adjacent to an activating group) is 1. The molecule has 1 aromatic carbocycles. The van der Waals surface area contributed by atoms with E-state index in [2.05, 4.69) is 50.4 Å². The van der Waals surface area contributed by atoms with Gasteiger partial charge in [0.1, 0.15) is 0 Å². The van der Waals surface area contributed by atoms with Crippen LogP contribution in [0.4, 0.5) is 0 Å². The Hall–Kier alpha value is -1.35. The molecule has 0 bridgehead atoms. The molecule has 1 fully saturated rings. The average molecular weight is 274 g/mol. The number of amides is 1. The van der Waals surface area contributed by atoms with Crippen LogP contribution in [0, 0.1) is 0 Å². The molecule has 0 saturated carbocycles. The minimum atomic E-state index is 0.261. The van der Waals surface area contributed by atoms with E-state index in [9.17, 15) is 4.79 Å². The Morgan fingerprint density at radius 3 is 2.30 bits per heavy atom. The third-order valence-corrected chi connectivity index (χ3v) is 4.22. The van der Waals surface area contributed by atoms with E-state index in [1.807, 2.05) is 11.9 Å². The van der Waals surface area contributed by atoms with Gasteiger partial charge in [0.2, 0.25) is 5.91 Å². The maximum Gasteiger partial charge on any atom is 0.222 e. The number of piperidine rings is 1. The van der Waals surface area contributed by atoms with Crippen molar-refractivity contribution in [2.45, 2.75) is 51.6 Å². The number of benzene rings is 1. The van der Waals surface area contributed by atoms with Gasteiger partial charge in [0.05, 0.1) is 0 Å². The Morgan fingerprint density at radius 2 is 1.75 bits per heavy atom. The number of carbonyl (C=O) groups excluding carboxylic acids is 1. The number of carbonyl (C=O) groups is 1. The van der Waals surface area contributed by atoms with E-state index in [-0.39, 0.29) is 5.91 Å². The first kappa shape index (κ1) is 15.0. The summed E-state index contributed by atoms with van der Waals surface area (Å²) in [4.78, 5) is 13.3. The van der Waals surface area contributed by atoms with Gasteiger partial charge in [0.25, 0.3) is 0 Å². The zero-order valence-corrected chi connectivity index (χ0v) is 13.0. The van der Waals surface area contributed by atoms with Gasteiger partial charge < -0.3 is 10.2 Å². The summed E-state index contributed by atoms with van der Waals surface area (Å²) in [6.07, 6.45) is 1.60. The molecule has 0 radical (unpaired) electrons. The van der Waals surface area contributed by atoms with Crippen molar-refractivity contribution in [3.05, 3.63) is 35.4 Å². The summed E-state index contributed by atoms with van der Waals surface area (Å²) in [5, 5.41) is 3.64. The van der Waals surface area contributed by atoms with Crippen molar-refractivity contribution in [3.8, 4) is 0 Å². The smallest absolute Gasteiger partial charge is 0.222 e. The minimum Gasteiger partial charge on any atom is -0.344 e. The molecular formula is C17H26N2O. The monoisotopic (exact) mass is 274 g/mol. The van der Waals surface area contributed by atoms with E-state index in [4.69, 9.17) is 0 Å². The van der Waals surface area contributed by atoms with Crippen LogP contribution in [0.2, 0.25) is 0 Å². The molecule has 20 heavy (non-hydrogen) atoms. The van der Waals surface area contributed by atoms with Crippen LogP contribution in [0.1, 0.15) is 56.7 Å². The number of nitrogens with one attached hydrogen (secondary N) is 1. The average Bonchev–Trinajstić information content (AvgIpc) is 2.43. The van der Waals surface area contributed by atoms with Crippen molar-refractivity contribution < 1.29 is 4.79 Å². The van der Waals surface area contributed by atoms with E-state index in [1.165, 1.54) is 11.1 Å². The van der Waals surface area contributed by atoms with Gasteiger partial charge in [-0.05, 0) is 30.4 Å². The molecule has 3 nitrogen and oxygen atoms in total. The Balaban J connectivity index is 1.94.